The number of amides is 1. The van der Waals surface area contributed by atoms with Crippen LogP contribution in [0.25, 0.3) is 10.2 Å². The summed E-state index contributed by atoms with van der Waals surface area (Å²) in [6, 6.07) is 11.7. The molecule has 3 aromatic rings. The fraction of sp³-hybridized carbons (Fsp3) is 0.0667. The lowest BCUT2D eigenvalue weighted by molar-refractivity contribution is -0.384. The summed E-state index contributed by atoms with van der Waals surface area (Å²) in [7, 11) is 0. The molecule has 0 aliphatic heterocycles. The van der Waals surface area contributed by atoms with Gasteiger partial charge in [-0.1, -0.05) is 23.5 Å². The number of nitro benzene ring substituents is 1. The number of anilines is 1. The number of carbonyl (C=O) groups is 1. The molecule has 8 heteroatoms. The highest BCUT2D eigenvalue weighted by Gasteiger charge is 2.14. The van der Waals surface area contributed by atoms with E-state index in [4.69, 9.17) is 0 Å². The van der Waals surface area contributed by atoms with Gasteiger partial charge in [-0.05, 0) is 24.5 Å². The van der Waals surface area contributed by atoms with Gasteiger partial charge < -0.3 is 0 Å². The SMILES string of the molecule is CSc1ccccc1C(=O)Nc1nc2ccc([N+](=O)[O-])cc2s1. The average Bonchev–Trinajstić information content (AvgIpc) is 2.95. The van der Waals surface area contributed by atoms with Gasteiger partial charge in [0.15, 0.2) is 5.13 Å². The topological polar surface area (TPSA) is 85.1 Å². The van der Waals surface area contributed by atoms with E-state index < -0.39 is 4.92 Å². The zero-order valence-corrected chi connectivity index (χ0v) is 13.6. The first-order chi connectivity index (χ1) is 11.1. The van der Waals surface area contributed by atoms with Crippen LogP contribution in [0.5, 0.6) is 0 Å². The zero-order valence-electron chi connectivity index (χ0n) is 12.0. The number of benzene rings is 2. The fourth-order valence-electron chi connectivity index (χ4n) is 2.08. The maximum atomic E-state index is 12.4. The number of fused-ring (bicyclic) bond motifs is 1. The molecule has 0 aliphatic carbocycles. The number of nitro groups is 1. The molecular weight excluding hydrogens is 334 g/mol. The third-order valence-corrected chi connectivity index (χ3v) is 4.88. The quantitative estimate of drug-likeness (QED) is 0.435. The van der Waals surface area contributed by atoms with Gasteiger partial charge in [0.25, 0.3) is 11.6 Å². The van der Waals surface area contributed by atoms with Gasteiger partial charge in [-0.15, -0.1) is 11.8 Å². The van der Waals surface area contributed by atoms with E-state index in [0.717, 1.165) is 4.90 Å². The minimum absolute atomic E-state index is 0.00625. The first-order valence-electron chi connectivity index (χ1n) is 6.58. The molecule has 1 N–H and O–H groups in total. The number of thioether (sulfide) groups is 1. The van der Waals surface area contributed by atoms with Crippen LogP contribution in [-0.4, -0.2) is 22.1 Å². The van der Waals surface area contributed by atoms with Gasteiger partial charge in [-0.2, -0.15) is 0 Å². The van der Waals surface area contributed by atoms with Crippen LogP contribution in [0.3, 0.4) is 0 Å². The average molecular weight is 345 g/mol. The number of nitrogens with one attached hydrogen (secondary N) is 1. The Morgan fingerprint density at radius 3 is 2.83 bits per heavy atom. The third-order valence-electron chi connectivity index (χ3n) is 3.15. The zero-order chi connectivity index (χ0) is 16.4. The van der Waals surface area contributed by atoms with E-state index in [1.54, 1.807) is 18.2 Å². The summed E-state index contributed by atoms with van der Waals surface area (Å²) in [4.78, 5) is 27.9. The van der Waals surface area contributed by atoms with Crippen molar-refractivity contribution in [2.24, 2.45) is 0 Å². The van der Waals surface area contributed by atoms with E-state index >= 15 is 0 Å². The molecule has 2 aromatic carbocycles. The highest BCUT2D eigenvalue weighted by atomic mass is 32.2. The lowest BCUT2D eigenvalue weighted by Crippen LogP contribution is -2.12. The molecule has 3 rings (SSSR count). The first-order valence-corrected chi connectivity index (χ1v) is 8.62. The predicted molar refractivity (Wildman–Crippen MR) is 92.5 cm³/mol. The fourth-order valence-corrected chi connectivity index (χ4v) is 3.57. The second-order valence-electron chi connectivity index (χ2n) is 4.58. The van der Waals surface area contributed by atoms with Gasteiger partial charge in [0.05, 0.1) is 20.7 Å². The van der Waals surface area contributed by atoms with Crippen molar-refractivity contribution in [3.8, 4) is 0 Å². The lowest BCUT2D eigenvalue weighted by Gasteiger charge is -2.05. The van der Waals surface area contributed by atoms with Gasteiger partial charge in [0.1, 0.15) is 0 Å². The lowest BCUT2D eigenvalue weighted by atomic mass is 10.2. The molecule has 1 aromatic heterocycles. The maximum absolute atomic E-state index is 12.4. The van der Waals surface area contributed by atoms with Crippen molar-refractivity contribution < 1.29 is 9.72 Å². The Labute approximate surface area is 139 Å². The van der Waals surface area contributed by atoms with Crippen LogP contribution in [0, 0.1) is 10.1 Å². The third kappa shape index (κ3) is 3.17. The number of rotatable bonds is 4. The molecule has 0 bridgehead atoms. The number of nitrogens with zero attached hydrogens (tertiary/aromatic N) is 2. The minimum atomic E-state index is -0.452. The number of carbonyl (C=O) groups excluding carboxylic acids is 1. The van der Waals surface area contributed by atoms with Crippen LogP contribution < -0.4 is 5.32 Å². The number of hydrogen-bond donors (Lipinski definition) is 1. The number of aromatic nitrogens is 1. The molecule has 0 atom stereocenters. The van der Waals surface area contributed by atoms with E-state index in [1.165, 1.54) is 35.2 Å². The molecule has 0 saturated heterocycles. The molecule has 0 fully saturated rings. The Hall–Kier alpha value is -2.45. The predicted octanol–water partition coefficient (Wildman–Crippen LogP) is 4.18. The number of thiazole rings is 1. The second-order valence-corrected chi connectivity index (χ2v) is 6.46. The highest BCUT2D eigenvalue weighted by Crippen LogP contribution is 2.30. The monoisotopic (exact) mass is 345 g/mol. The Morgan fingerprint density at radius 2 is 2.09 bits per heavy atom. The molecule has 0 unspecified atom stereocenters. The molecule has 1 amide bonds. The summed E-state index contributed by atoms with van der Waals surface area (Å²) in [6.45, 7) is 0. The Balaban J connectivity index is 1.89. The molecule has 23 heavy (non-hydrogen) atoms. The van der Waals surface area contributed by atoms with E-state index in [-0.39, 0.29) is 11.6 Å². The van der Waals surface area contributed by atoms with Crippen LogP contribution in [0.2, 0.25) is 0 Å². The van der Waals surface area contributed by atoms with Crippen molar-refractivity contribution >= 4 is 50.0 Å². The van der Waals surface area contributed by atoms with Gasteiger partial charge in [-0.3, -0.25) is 20.2 Å². The van der Waals surface area contributed by atoms with Crippen LogP contribution in [0.1, 0.15) is 10.4 Å². The summed E-state index contributed by atoms with van der Waals surface area (Å²) in [5.74, 6) is -0.247. The molecular formula is C15H11N3O3S2. The van der Waals surface area contributed by atoms with E-state index in [0.29, 0.717) is 20.9 Å². The Bertz CT molecular complexity index is 908. The minimum Gasteiger partial charge on any atom is -0.298 e. The standard InChI is InChI=1S/C15H11N3O3S2/c1-22-12-5-3-2-4-10(12)14(19)17-15-16-11-7-6-9(18(20)21)8-13(11)23-15/h2-8H,1H3,(H,16,17,19). The molecule has 0 radical (unpaired) electrons. The van der Waals surface area contributed by atoms with Gasteiger partial charge in [0, 0.05) is 17.0 Å². The second kappa shape index (κ2) is 6.35. The van der Waals surface area contributed by atoms with E-state index in [2.05, 4.69) is 10.3 Å². The molecule has 1 heterocycles. The molecule has 0 spiro atoms. The normalized spacial score (nSPS) is 10.7. The van der Waals surface area contributed by atoms with Crippen molar-refractivity contribution in [3.05, 3.63) is 58.1 Å². The smallest absolute Gasteiger partial charge is 0.270 e. The van der Waals surface area contributed by atoms with Crippen molar-refractivity contribution in [2.45, 2.75) is 4.90 Å². The number of hydrogen-bond acceptors (Lipinski definition) is 6. The van der Waals surface area contributed by atoms with Crippen LogP contribution in [0.4, 0.5) is 10.8 Å². The number of non-ortho nitro benzene ring substituents is 1. The maximum Gasteiger partial charge on any atom is 0.270 e. The largest absolute Gasteiger partial charge is 0.298 e. The van der Waals surface area contributed by atoms with Gasteiger partial charge in [-0.25, -0.2) is 4.98 Å². The van der Waals surface area contributed by atoms with Crippen molar-refractivity contribution in [1.82, 2.24) is 4.98 Å². The van der Waals surface area contributed by atoms with Crippen LogP contribution in [-0.2, 0) is 0 Å². The van der Waals surface area contributed by atoms with Gasteiger partial charge in [0.2, 0.25) is 0 Å². The van der Waals surface area contributed by atoms with Crippen molar-refractivity contribution in [3.63, 3.8) is 0 Å². The summed E-state index contributed by atoms with van der Waals surface area (Å²) < 4.78 is 0.660. The molecule has 0 aliphatic rings. The summed E-state index contributed by atoms with van der Waals surface area (Å²) >= 11 is 2.70. The van der Waals surface area contributed by atoms with Crippen molar-refractivity contribution in [1.29, 1.82) is 0 Å². The van der Waals surface area contributed by atoms with Crippen molar-refractivity contribution in [2.75, 3.05) is 11.6 Å². The Kier molecular flexibility index (Phi) is 4.26. The summed E-state index contributed by atoms with van der Waals surface area (Å²) in [6.07, 6.45) is 1.91. The molecule has 116 valence electrons. The van der Waals surface area contributed by atoms with Crippen LogP contribution >= 0.6 is 23.1 Å². The van der Waals surface area contributed by atoms with Crippen LogP contribution in [0.15, 0.2) is 47.4 Å². The van der Waals surface area contributed by atoms with E-state index in [1.807, 2.05) is 18.4 Å². The highest BCUT2D eigenvalue weighted by molar-refractivity contribution is 7.98. The summed E-state index contributed by atoms with van der Waals surface area (Å²) in [5.41, 5.74) is 1.20. The summed E-state index contributed by atoms with van der Waals surface area (Å²) in [5, 5.41) is 14.0. The van der Waals surface area contributed by atoms with Gasteiger partial charge >= 0.3 is 0 Å². The Morgan fingerprint density at radius 1 is 1.30 bits per heavy atom. The van der Waals surface area contributed by atoms with E-state index in [9.17, 15) is 14.9 Å². The molecule has 6 nitrogen and oxygen atoms in total. The first kappa shape index (κ1) is 15.4. The molecule has 0 saturated carbocycles.